The van der Waals surface area contributed by atoms with Crippen LogP contribution in [0.4, 0.5) is 5.82 Å². The fourth-order valence-electron chi connectivity index (χ4n) is 3.03. The zero-order valence-electron chi connectivity index (χ0n) is 16.2. The number of ether oxygens (including phenoxy) is 1. The van der Waals surface area contributed by atoms with E-state index in [1.165, 1.54) is 19.2 Å². The molecule has 7 heteroatoms. The largest absolute Gasteiger partial charge is 0.497 e. The van der Waals surface area contributed by atoms with Gasteiger partial charge in [-0.05, 0) is 31.6 Å². The van der Waals surface area contributed by atoms with Crippen molar-refractivity contribution in [1.82, 2.24) is 20.0 Å². The third-order valence-electron chi connectivity index (χ3n) is 4.61. The molecule has 7 nitrogen and oxygen atoms in total. The van der Waals surface area contributed by atoms with Crippen LogP contribution in [-0.2, 0) is 0 Å². The van der Waals surface area contributed by atoms with Gasteiger partial charge in [-0.1, -0.05) is 37.6 Å². The highest BCUT2D eigenvalue weighted by molar-refractivity contribution is 5.97. The minimum Gasteiger partial charge on any atom is -0.497 e. The summed E-state index contributed by atoms with van der Waals surface area (Å²) in [5, 5.41) is 8.44. The van der Waals surface area contributed by atoms with Crippen LogP contribution in [0.15, 0.2) is 35.1 Å². The maximum Gasteiger partial charge on any atom is 0.263 e. The third-order valence-corrected chi connectivity index (χ3v) is 4.61. The first-order valence-corrected chi connectivity index (χ1v) is 9.47. The molecule has 0 fully saturated rings. The Balaban J connectivity index is 1.81. The Morgan fingerprint density at radius 2 is 2.07 bits per heavy atom. The molecular weight excluding hydrogens is 342 g/mol. The number of aromatic nitrogens is 3. The molecule has 1 N–H and O–H groups in total. The van der Waals surface area contributed by atoms with Gasteiger partial charge in [-0.3, -0.25) is 0 Å². The smallest absolute Gasteiger partial charge is 0.263 e. The van der Waals surface area contributed by atoms with Crippen LogP contribution in [0.1, 0.15) is 26.7 Å². The second-order valence-electron chi connectivity index (χ2n) is 6.38. The number of hydrogen-bond donors (Lipinski definition) is 1. The molecule has 3 aromatic rings. The van der Waals surface area contributed by atoms with Crippen molar-refractivity contribution in [3.63, 3.8) is 0 Å². The molecule has 0 aliphatic rings. The van der Waals surface area contributed by atoms with Gasteiger partial charge in [0.2, 0.25) is 0 Å². The Kier molecular flexibility index (Phi) is 6.59. The molecule has 2 heterocycles. The van der Waals surface area contributed by atoms with E-state index >= 15 is 0 Å². The van der Waals surface area contributed by atoms with Gasteiger partial charge in [-0.2, -0.15) is 4.98 Å². The summed E-state index contributed by atoms with van der Waals surface area (Å²) in [7, 11) is 1.65. The van der Waals surface area contributed by atoms with Crippen molar-refractivity contribution in [3.8, 4) is 17.0 Å². The maximum absolute atomic E-state index is 5.43. The third kappa shape index (κ3) is 4.54. The Labute approximate surface area is 159 Å². The minimum absolute atomic E-state index is 0.476. The van der Waals surface area contributed by atoms with Crippen LogP contribution >= 0.6 is 0 Å². The van der Waals surface area contributed by atoms with Gasteiger partial charge in [0.05, 0.1) is 7.11 Å². The van der Waals surface area contributed by atoms with Crippen molar-refractivity contribution in [1.29, 1.82) is 0 Å². The Morgan fingerprint density at radius 1 is 1.19 bits per heavy atom. The van der Waals surface area contributed by atoms with Gasteiger partial charge in [0.15, 0.2) is 0 Å². The molecule has 2 aromatic heterocycles. The zero-order chi connectivity index (χ0) is 19.1. The van der Waals surface area contributed by atoms with Crippen LogP contribution in [-0.4, -0.2) is 53.3 Å². The van der Waals surface area contributed by atoms with Crippen LogP contribution in [0, 0.1) is 0 Å². The van der Waals surface area contributed by atoms with Crippen molar-refractivity contribution in [2.75, 3.05) is 38.6 Å². The average molecular weight is 369 g/mol. The number of nitrogens with zero attached hydrogens (tertiary/aromatic N) is 4. The summed E-state index contributed by atoms with van der Waals surface area (Å²) >= 11 is 0. The van der Waals surface area contributed by atoms with E-state index in [2.05, 4.69) is 39.2 Å². The molecule has 0 bridgehead atoms. The molecule has 144 valence electrons. The number of hydrogen-bond acceptors (Lipinski definition) is 7. The van der Waals surface area contributed by atoms with Gasteiger partial charge >= 0.3 is 0 Å². The number of methoxy groups -OCH3 is 1. The van der Waals surface area contributed by atoms with Crippen molar-refractivity contribution < 1.29 is 9.26 Å². The van der Waals surface area contributed by atoms with E-state index in [1.807, 2.05) is 24.3 Å². The van der Waals surface area contributed by atoms with Gasteiger partial charge in [-0.15, -0.1) is 0 Å². The molecule has 27 heavy (non-hydrogen) atoms. The van der Waals surface area contributed by atoms with E-state index in [9.17, 15) is 0 Å². The molecule has 0 aliphatic carbocycles. The highest BCUT2D eigenvalue weighted by Gasteiger charge is 2.17. The van der Waals surface area contributed by atoms with Crippen LogP contribution < -0.4 is 10.1 Å². The van der Waals surface area contributed by atoms with Crippen molar-refractivity contribution in [2.45, 2.75) is 26.7 Å². The molecule has 0 atom stereocenters. The summed E-state index contributed by atoms with van der Waals surface area (Å²) < 4.78 is 10.7. The summed E-state index contributed by atoms with van der Waals surface area (Å²) in [6, 6.07) is 7.73. The average Bonchev–Trinajstić information content (AvgIpc) is 3.15. The SMILES string of the molecule is CCCCN(CC)CCNc1ncnc2onc(-c3cccc(OC)c3)c12. The molecule has 0 spiro atoms. The van der Waals surface area contributed by atoms with Gasteiger partial charge in [0, 0.05) is 18.7 Å². The first-order chi connectivity index (χ1) is 13.3. The van der Waals surface area contributed by atoms with Crippen LogP contribution in [0.3, 0.4) is 0 Å². The van der Waals surface area contributed by atoms with Crippen molar-refractivity contribution >= 4 is 16.9 Å². The number of anilines is 1. The standard InChI is InChI=1S/C20H27N5O2/c1-4-6-11-25(5-2)12-10-21-19-17-18(24-27-20(17)23-14-22-19)15-8-7-9-16(13-15)26-3/h7-9,13-14H,4-6,10-12H2,1-3H3,(H,21,22,23). The summed E-state index contributed by atoms with van der Waals surface area (Å²) in [6.07, 6.45) is 3.93. The molecule has 0 saturated heterocycles. The summed E-state index contributed by atoms with van der Waals surface area (Å²) in [6.45, 7) is 8.34. The molecule has 0 aliphatic heterocycles. The Hall–Kier alpha value is -2.67. The molecule has 0 saturated carbocycles. The molecule has 3 rings (SSSR count). The monoisotopic (exact) mass is 369 g/mol. The lowest BCUT2D eigenvalue weighted by Gasteiger charge is -2.20. The summed E-state index contributed by atoms with van der Waals surface area (Å²) in [5.41, 5.74) is 2.10. The van der Waals surface area contributed by atoms with E-state index < -0.39 is 0 Å². The van der Waals surface area contributed by atoms with Gasteiger partial charge in [-0.25, -0.2) is 4.98 Å². The van der Waals surface area contributed by atoms with Crippen LogP contribution in [0.2, 0.25) is 0 Å². The van der Waals surface area contributed by atoms with Crippen LogP contribution in [0.25, 0.3) is 22.4 Å². The number of nitrogens with one attached hydrogen (secondary N) is 1. The number of benzene rings is 1. The molecule has 0 amide bonds. The predicted molar refractivity (Wildman–Crippen MR) is 107 cm³/mol. The highest BCUT2D eigenvalue weighted by Crippen LogP contribution is 2.32. The molecule has 0 radical (unpaired) electrons. The number of likely N-dealkylation sites (N-methyl/N-ethyl adjacent to an activating group) is 1. The highest BCUT2D eigenvalue weighted by atomic mass is 16.5. The summed E-state index contributed by atoms with van der Waals surface area (Å²) in [4.78, 5) is 11.1. The predicted octanol–water partition coefficient (Wildman–Crippen LogP) is 3.83. The lowest BCUT2D eigenvalue weighted by Crippen LogP contribution is -2.30. The Bertz CT molecular complexity index is 864. The van der Waals surface area contributed by atoms with Gasteiger partial charge in [0.25, 0.3) is 5.71 Å². The zero-order valence-corrected chi connectivity index (χ0v) is 16.2. The Morgan fingerprint density at radius 3 is 2.85 bits per heavy atom. The first kappa shape index (κ1) is 19.1. The van der Waals surface area contributed by atoms with E-state index in [-0.39, 0.29) is 0 Å². The van der Waals surface area contributed by atoms with E-state index in [0.717, 1.165) is 48.7 Å². The van der Waals surface area contributed by atoms with Crippen molar-refractivity contribution in [2.24, 2.45) is 0 Å². The second kappa shape index (κ2) is 9.32. The number of fused-ring (bicyclic) bond motifs is 1. The van der Waals surface area contributed by atoms with Crippen molar-refractivity contribution in [3.05, 3.63) is 30.6 Å². The van der Waals surface area contributed by atoms with Gasteiger partial charge < -0.3 is 19.5 Å². The number of unbranched alkanes of at least 4 members (excludes halogenated alkanes) is 1. The van der Waals surface area contributed by atoms with Crippen LogP contribution in [0.5, 0.6) is 5.75 Å². The summed E-state index contributed by atoms with van der Waals surface area (Å²) in [5.74, 6) is 1.51. The maximum atomic E-state index is 5.43. The second-order valence-corrected chi connectivity index (χ2v) is 6.38. The molecule has 1 aromatic carbocycles. The van der Waals surface area contributed by atoms with E-state index in [0.29, 0.717) is 11.4 Å². The van der Waals surface area contributed by atoms with Gasteiger partial charge in [0.1, 0.15) is 29.0 Å². The lowest BCUT2D eigenvalue weighted by molar-refractivity contribution is 0.294. The fourth-order valence-corrected chi connectivity index (χ4v) is 3.03. The van der Waals surface area contributed by atoms with E-state index in [1.54, 1.807) is 7.11 Å². The quantitative estimate of drug-likeness (QED) is 0.582. The molecule has 0 unspecified atom stereocenters. The minimum atomic E-state index is 0.476. The molecular formula is C20H27N5O2. The van der Waals surface area contributed by atoms with E-state index in [4.69, 9.17) is 9.26 Å². The topological polar surface area (TPSA) is 76.3 Å². The number of rotatable bonds is 10. The first-order valence-electron chi connectivity index (χ1n) is 9.47. The fraction of sp³-hybridized carbons (Fsp3) is 0.450. The lowest BCUT2D eigenvalue weighted by atomic mass is 10.1. The normalized spacial score (nSPS) is 11.3.